The number of alkyl carbamates (subject to hydrolysis) is 1. The van der Waals surface area contributed by atoms with Gasteiger partial charge in [0.05, 0.1) is 13.3 Å². The van der Waals surface area contributed by atoms with Crippen LogP contribution in [0.1, 0.15) is 32.8 Å². The van der Waals surface area contributed by atoms with Crippen LogP contribution in [0.2, 0.25) is 0 Å². The number of aliphatic carboxylic acids is 1. The molecule has 1 amide bonds. The number of amides is 1. The van der Waals surface area contributed by atoms with Crippen molar-refractivity contribution in [2.45, 2.75) is 45.3 Å². The van der Waals surface area contributed by atoms with Crippen molar-refractivity contribution in [3.05, 3.63) is 29.8 Å². The molecule has 7 heteroatoms. The van der Waals surface area contributed by atoms with E-state index >= 15 is 0 Å². The van der Waals surface area contributed by atoms with Gasteiger partial charge < -0.3 is 19.9 Å². The third-order valence-electron chi connectivity index (χ3n) is 2.90. The number of carbonyl (C=O) groups is 2. The molecule has 0 aliphatic heterocycles. The Morgan fingerprint density at radius 3 is 2.38 bits per heavy atom. The summed E-state index contributed by atoms with van der Waals surface area (Å²) in [6, 6.07) is 5.67. The molecule has 0 spiro atoms. The molecule has 0 aliphatic carbocycles. The van der Waals surface area contributed by atoms with E-state index < -0.39 is 30.4 Å². The Hall–Kier alpha value is -2.31. The molecule has 0 saturated heterocycles. The molecule has 24 heavy (non-hydrogen) atoms. The zero-order valence-corrected chi connectivity index (χ0v) is 14.2. The molecule has 6 nitrogen and oxygen atoms in total. The number of hydrogen-bond acceptors (Lipinski definition) is 4. The van der Waals surface area contributed by atoms with E-state index in [0.717, 1.165) is 5.56 Å². The van der Waals surface area contributed by atoms with Crippen LogP contribution in [0.4, 0.5) is 9.18 Å². The van der Waals surface area contributed by atoms with Crippen LogP contribution in [0.5, 0.6) is 5.75 Å². The normalized spacial score (nSPS) is 12.3. The molecule has 1 rings (SSSR count). The Balaban J connectivity index is 2.62. The Labute approximate surface area is 141 Å². The van der Waals surface area contributed by atoms with Crippen LogP contribution >= 0.6 is 0 Å². The minimum atomic E-state index is -1.15. The van der Waals surface area contributed by atoms with Gasteiger partial charge in [-0.2, -0.15) is 0 Å². The maximum atomic E-state index is 12.0. The van der Waals surface area contributed by atoms with Gasteiger partial charge in [0.25, 0.3) is 0 Å². The number of ether oxygens (including phenoxy) is 2. The van der Waals surface area contributed by atoms with Gasteiger partial charge in [-0.15, -0.1) is 0 Å². The third-order valence-corrected chi connectivity index (χ3v) is 2.90. The van der Waals surface area contributed by atoms with Crippen molar-refractivity contribution in [3.63, 3.8) is 0 Å². The number of rotatable bonds is 8. The van der Waals surface area contributed by atoms with Gasteiger partial charge in [-0.05, 0) is 38.5 Å². The quantitative estimate of drug-likeness (QED) is 0.710. The first kappa shape index (κ1) is 19.7. The van der Waals surface area contributed by atoms with Crippen molar-refractivity contribution in [1.82, 2.24) is 5.32 Å². The minimum absolute atomic E-state index is 0.110. The van der Waals surface area contributed by atoms with Crippen molar-refractivity contribution in [2.24, 2.45) is 0 Å². The molecule has 1 aromatic rings. The molecule has 0 fully saturated rings. The van der Waals surface area contributed by atoms with E-state index in [1.54, 1.807) is 45.0 Å². The summed E-state index contributed by atoms with van der Waals surface area (Å²) in [5.74, 6) is -0.566. The number of carbonyl (C=O) groups excluding carboxylic acids is 1. The first-order valence-electron chi connectivity index (χ1n) is 7.71. The lowest BCUT2D eigenvalue weighted by Gasteiger charge is -2.22. The second-order valence-electron chi connectivity index (χ2n) is 6.28. The van der Waals surface area contributed by atoms with Gasteiger partial charge in [-0.25, -0.2) is 9.59 Å². The molecular weight excluding hydrogens is 317 g/mol. The van der Waals surface area contributed by atoms with E-state index in [1.165, 1.54) is 0 Å². The summed E-state index contributed by atoms with van der Waals surface area (Å²) in [6.07, 6.45) is -0.344. The summed E-state index contributed by atoms with van der Waals surface area (Å²) in [5.41, 5.74) is 0.0162. The molecule has 0 bridgehead atoms. The number of carboxylic acid groups (broad SMARTS) is 1. The molecule has 0 radical (unpaired) electrons. The summed E-state index contributed by atoms with van der Waals surface area (Å²) in [6.45, 7) is 4.94. The van der Waals surface area contributed by atoms with Crippen LogP contribution in [0.15, 0.2) is 24.3 Å². The summed E-state index contributed by atoms with van der Waals surface area (Å²) in [7, 11) is 0. The van der Waals surface area contributed by atoms with Crippen molar-refractivity contribution in [3.8, 4) is 5.75 Å². The topological polar surface area (TPSA) is 84.9 Å². The van der Waals surface area contributed by atoms with Crippen molar-refractivity contribution >= 4 is 12.1 Å². The van der Waals surface area contributed by atoms with Crippen molar-refractivity contribution in [2.75, 3.05) is 13.3 Å². The van der Waals surface area contributed by atoms with E-state index in [0.29, 0.717) is 12.2 Å². The zero-order chi connectivity index (χ0) is 18.2. The van der Waals surface area contributed by atoms with Gasteiger partial charge >= 0.3 is 12.1 Å². The van der Waals surface area contributed by atoms with Gasteiger partial charge in [0, 0.05) is 12.8 Å². The Bertz CT molecular complexity index is 539. The van der Waals surface area contributed by atoms with Crippen LogP contribution in [0.3, 0.4) is 0 Å². The number of halogens is 1. The molecule has 2 N–H and O–H groups in total. The molecule has 1 aromatic carbocycles. The van der Waals surface area contributed by atoms with Gasteiger partial charge in [-0.1, -0.05) is 12.1 Å². The SMILES string of the molecule is CC(C)(C)OC(=O)NC(Cc1ccc(OCCCF)cc1)C(=O)O. The van der Waals surface area contributed by atoms with Gasteiger partial charge in [0.2, 0.25) is 0 Å². The molecule has 1 atom stereocenters. The van der Waals surface area contributed by atoms with E-state index in [2.05, 4.69) is 5.32 Å². The first-order chi connectivity index (χ1) is 11.2. The smallest absolute Gasteiger partial charge is 0.408 e. The van der Waals surface area contributed by atoms with Crippen LogP contribution in [-0.2, 0) is 16.0 Å². The van der Waals surface area contributed by atoms with Crippen molar-refractivity contribution < 1.29 is 28.6 Å². The number of carboxylic acids is 1. The number of nitrogens with one attached hydrogen (secondary N) is 1. The second kappa shape index (κ2) is 9.10. The van der Waals surface area contributed by atoms with Crippen LogP contribution < -0.4 is 10.1 Å². The summed E-state index contributed by atoms with van der Waals surface area (Å²) < 4.78 is 22.4. The van der Waals surface area contributed by atoms with E-state index in [9.17, 15) is 19.1 Å². The highest BCUT2D eigenvalue weighted by atomic mass is 19.1. The summed E-state index contributed by atoms with van der Waals surface area (Å²) in [5, 5.41) is 11.6. The molecule has 0 heterocycles. The van der Waals surface area contributed by atoms with E-state index in [1.807, 2.05) is 0 Å². The largest absolute Gasteiger partial charge is 0.494 e. The highest BCUT2D eigenvalue weighted by Crippen LogP contribution is 2.14. The van der Waals surface area contributed by atoms with E-state index in [4.69, 9.17) is 9.47 Å². The lowest BCUT2D eigenvalue weighted by Crippen LogP contribution is -2.44. The van der Waals surface area contributed by atoms with Crippen LogP contribution in [0, 0.1) is 0 Å². The third kappa shape index (κ3) is 7.80. The average molecular weight is 341 g/mol. The fourth-order valence-corrected chi connectivity index (χ4v) is 1.85. The molecule has 134 valence electrons. The van der Waals surface area contributed by atoms with Gasteiger partial charge in [0.15, 0.2) is 0 Å². The number of hydrogen-bond donors (Lipinski definition) is 2. The molecular formula is C17H24FNO5. The maximum absolute atomic E-state index is 12.0. The highest BCUT2D eigenvalue weighted by Gasteiger charge is 2.24. The Kier molecular flexibility index (Phi) is 7.48. The van der Waals surface area contributed by atoms with Gasteiger partial charge in [-0.3, -0.25) is 4.39 Å². The molecule has 1 unspecified atom stereocenters. The van der Waals surface area contributed by atoms with Gasteiger partial charge in [0.1, 0.15) is 17.4 Å². The molecule has 0 aromatic heterocycles. The first-order valence-corrected chi connectivity index (χ1v) is 7.71. The maximum Gasteiger partial charge on any atom is 0.408 e. The van der Waals surface area contributed by atoms with Crippen LogP contribution in [0.25, 0.3) is 0 Å². The predicted octanol–water partition coefficient (Wildman–Crippen LogP) is 2.95. The summed E-state index contributed by atoms with van der Waals surface area (Å²) in [4.78, 5) is 23.0. The van der Waals surface area contributed by atoms with Crippen LogP contribution in [-0.4, -0.2) is 42.1 Å². The monoisotopic (exact) mass is 341 g/mol. The lowest BCUT2D eigenvalue weighted by molar-refractivity contribution is -0.139. The fourth-order valence-electron chi connectivity index (χ4n) is 1.85. The Morgan fingerprint density at radius 2 is 1.88 bits per heavy atom. The average Bonchev–Trinajstić information content (AvgIpc) is 2.46. The number of alkyl halides is 1. The molecule has 0 saturated carbocycles. The zero-order valence-electron chi connectivity index (χ0n) is 14.2. The Morgan fingerprint density at radius 1 is 1.25 bits per heavy atom. The predicted molar refractivity (Wildman–Crippen MR) is 87.0 cm³/mol. The lowest BCUT2D eigenvalue weighted by atomic mass is 10.1. The highest BCUT2D eigenvalue weighted by molar-refractivity contribution is 5.80. The fraction of sp³-hybridized carbons (Fsp3) is 0.529. The molecule has 0 aliphatic rings. The number of benzene rings is 1. The minimum Gasteiger partial charge on any atom is -0.494 e. The second-order valence-corrected chi connectivity index (χ2v) is 6.28. The standard InChI is InChI=1S/C17H24FNO5/c1-17(2,3)24-16(22)19-14(15(20)21)11-12-5-7-13(8-6-12)23-10-4-9-18/h5-8,14H,4,9-11H2,1-3H3,(H,19,22)(H,20,21). The van der Waals surface area contributed by atoms with E-state index in [-0.39, 0.29) is 13.0 Å². The summed E-state index contributed by atoms with van der Waals surface area (Å²) >= 11 is 0. The van der Waals surface area contributed by atoms with Crippen molar-refractivity contribution in [1.29, 1.82) is 0 Å².